The lowest BCUT2D eigenvalue weighted by molar-refractivity contribution is -0.141. The minimum absolute atomic E-state index is 0.405. The molecule has 0 saturated heterocycles. The molecule has 100 valence electrons. The molecule has 18 heavy (non-hydrogen) atoms. The summed E-state index contributed by atoms with van der Waals surface area (Å²) in [5, 5.41) is 8.74. The Kier molecular flexibility index (Phi) is 5.22. The Morgan fingerprint density at radius 2 is 2.06 bits per heavy atom. The van der Waals surface area contributed by atoms with E-state index in [-0.39, 0.29) is 0 Å². The molecule has 0 aliphatic carbocycles. The maximum absolute atomic E-state index is 13.0. The number of hydrogen-bond acceptors (Lipinski definition) is 2. The van der Waals surface area contributed by atoms with Crippen molar-refractivity contribution in [3.63, 3.8) is 0 Å². The van der Waals surface area contributed by atoms with E-state index in [0.717, 1.165) is 12.1 Å². The molecule has 0 saturated carbocycles. The highest BCUT2D eigenvalue weighted by atomic mass is 19.2. The standard InChI is InChI=1S/C13H17F2NO2/c1-9(13(17)18)5-6-16(2)8-10-3-4-11(14)12(15)7-10/h3-4,7,9H,5-6,8H2,1-2H3,(H,17,18). The fourth-order valence-electron chi connectivity index (χ4n) is 1.57. The zero-order valence-corrected chi connectivity index (χ0v) is 10.5. The molecule has 1 N–H and O–H groups in total. The third-order valence-electron chi connectivity index (χ3n) is 2.80. The molecule has 1 rings (SSSR count). The predicted octanol–water partition coefficient (Wildman–Crippen LogP) is 2.51. The molecule has 0 amide bonds. The first kappa shape index (κ1) is 14.6. The zero-order valence-electron chi connectivity index (χ0n) is 10.5. The third-order valence-corrected chi connectivity index (χ3v) is 2.80. The molecule has 0 aromatic heterocycles. The first-order valence-corrected chi connectivity index (χ1v) is 5.75. The summed E-state index contributed by atoms with van der Waals surface area (Å²) in [6.45, 7) is 2.70. The SMILES string of the molecule is CC(CCN(C)Cc1ccc(F)c(F)c1)C(=O)O. The van der Waals surface area contributed by atoms with Crippen LogP contribution in [0.25, 0.3) is 0 Å². The van der Waals surface area contributed by atoms with Crippen LogP contribution in [0, 0.1) is 17.6 Å². The lowest BCUT2D eigenvalue weighted by Crippen LogP contribution is -2.23. The van der Waals surface area contributed by atoms with Crippen molar-refractivity contribution < 1.29 is 18.7 Å². The van der Waals surface area contributed by atoms with Gasteiger partial charge < -0.3 is 10.0 Å². The first-order valence-electron chi connectivity index (χ1n) is 5.75. The van der Waals surface area contributed by atoms with E-state index in [1.54, 1.807) is 6.92 Å². The molecule has 3 nitrogen and oxygen atoms in total. The van der Waals surface area contributed by atoms with E-state index in [4.69, 9.17) is 5.11 Å². The molecule has 0 spiro atoms. The molecule has 0 fully saturated rings. The van der Waals surface area contributed by atoms with Gasteiger partial charge >= 0.3 is 5.97 Å². The second-order valence-corrected chi connectivity index (χ2v) is 4.51. The van der Waals surface area contributed by atoms with Crippen LogP contribution in [-0.4, -0.2) is 29.6 Å². The van der Waals surface area contributed by atoms with Gasteiger partial charge in [-0.1, -0.05) is 13.0 Å². The maximum atomic E-state index is 13.0. The van der Waals surface area contributed by atoms with E-state index in [9.17, 15) is 13.6 Å². The summed E-state index contributed by atoms with van der Waals surface area (Å²) >= 11 is 0. The van der Waals surface area contributed by atoms with Crippen LogP contribution in [0.4, 0.5) is 8.78 Å². The van der Waals surface area contributed by atoms with Gasteiger partial charge in [-0.15, -0.1) is 0 Å². The van der Waals surface area contributed by atoms with E-state index in [0.29, 0.717) is 25.1 Å². The van der Waals surface area contributed by atoms with Crippen molar-refractivity contribution in [2.24, 2.45) is 5.92 Å². The average Bonchev–Trinajstić information content (AvgIpc) is 2.30. The van der Waals surface area contributed by atoms with Crippen molar-refractivity contribution >= 4 is 5.97 Å². The minimum Gasteiger partial charge on any atom is -0.481 e. The van der Waals surface area contributed by atoms with Gasteiger partial charge in [0.25, 0.3) is 0 Å². The summed E-state index contributed by atoms with van der Waals surface area (Å²) in [5.74, 6) is -2.95. The van der Waals surface area contributed by atoms with Gasteiger partial charge in [0, 0.05) is 6.54 Å². The van der Waals surface area contributed by atoms with E-state index < -0.39 is 23.5 Å². The molecular weight excluding hydrogens is 240 g/mol. The Bertz CT molecular complexity index is 423. The molecule has 1 aromatic carbocycles. The predicted molar refractivity (Wildman–Crippen MR) is 64.1 cm³/mol. The number of nitrogens with zero attached hydrogens (tertiary/aromatic N) is 1. The largest absolute Gasteiger partial charge is 0.481 e. The van der Waals surface area contributed by atoms with Crippen LogP contribution in [0.2, 0.25) is 0 Å². The Morgan fingerprint density at radius 1 is 1.39 bits per heavy atom. The molecule has 1 aromatic rings. The fraction of sp³-hybridized carbons (Fsp3) is 0.462. The first-order chi connectivity index (χ1) is 8.40. The van der Waals surface area contributed by atoms with Crippen LogP contribution in [0.1, 0.15) is 18.9 Å². The normalized spacial score (nSPS) is 12.7. The summed E-state index contributed by atoms with van der Waals surface area (Å²) in [7, 11) is 1.82. The molecule has 1 unspecified atom stereocenters. The van der Waals surface area contributed by atoms with Crippen molar-refractivity contribution in [1.29, 1.82) is 0 Å². The van der Waals surface area contributed by atoms with Crippen LogP contribution in [-0.2, 0) is 11.3 Å². The average molecular weight is 257 g/mol. The molecule has 1 atom stereocenters. The van der Waals surface area contributed by atoms with E-state index >= 15 is 0 Å². The second kappa shape index (κ2) is 6.44. The highest BCUT2D eigenvalue weighted by molar-refractivity contribution is 5.69. The van der Waals surface area contributed by atoms with Crippen molar-refractivity contribution in [2.45, 2.75) is 19.9 Å². The van der Waals surface area contributed by atoms with Gasteiger partial charge in [0.05, 0.1) is 5.92 Å². The lowest BCUT2D eigenvalue weighted by atomic mass is 10.1. The smallest absolute Gasteiger partial charge is 0.306 e. The van der Waals surface area contributed by atoms with Crippen LogP contribution in [0.5, 0.6) is 0 Å². The van der Waals surface area contributed by atoms with E-state index in [2.05, 4.69) is 0 Å². The number of halogens is 2. The highest BCUT2D eigenvalue weighted by Gasteiger charge is 2.12. The summed E-state index contributed by atoms with van der Waals surface area (Å²) in [4.78, 5) is 12.5. The monoisotopic (exact) mass is 257 g/mol. The number of carboxylic acids is 1. The Labute approximate surface area is 105 Å². The highest BCUT2D eigenvalue weighted by Crippen LogP contribution is 2.11. The van der Waals surface area contributed by atoms with Gasteiger partial charge in [0.1, 0.15) is 0 Å². The van der Waals surface area contributed by atoms with Gasteiger partial charge in [-0.2, -0.15) is 0 Å². The topological polar surface area (TPSA) is 40.5 Å². The molecule has 5 heteroatoms. The number of carboxylic acid groups (broad SMARTS) is 1. The second-order valence-electron chi connectivity index (χ2n) is 4.51. The van der Waals surface area contributed by atoms with Crippen molar-refractivity contribution in [3.8, 4) is 0 Å². The van der Waals surface area contributed by atoms with Crippen LogP contribution in [0.15, 0.2) is 18.2 Å². The summed E-state index contributed by atoms with van der Waals surface area (Å²) < 4.78 is 25.7. The maximum Gasteiger partial charge on any atom is 0.306 e. The molecule has 0 radical (unpaired) electrons. The number of aliphatic carboxylic acids is 1. The van der Waals surface area contributed by atoms with Crippen molar-refractivity contribution in [3.05, 3.63) is 35.4 Å². The molecular formula is C13H17F2NO2. The Morgan fingerprint density at radius 3 is 2.61 bits per heavy atom. The summed E-state index contributed by atoms with van der Waals surface area (Å²) in [5.41, 5.74) is 0.666. The lowest BCUT2D eigenvalue weighted by Gasteiger charge is -2.18. The summed E-state index contributed by atoms with van der Waals surface area (Å²) in [6.07, 6.45) is 0.523. The van der Waals surface area contributed by atoms with Crippen LogP contribution < -0.4 is 0 Å². The van der Waals surface area contributed by atoms with Crippen molar-refractivity contribution in [2.75, 3.05) is 13.6 Å². The minimum atomic E-state index is -0.861. The van der Waals surface area contributed by atoms with Crippen LogP contribution >= 0.6 is 0 Å². The van der Waals surface area contributed by atoms with E-state index in [1.165, 1.54) is 6.07 Å². The van der Waals surface area contributed by atoms with Gasteiger partial charge in [0.2, 0.25) is 0 Å². The molecule has 0 aliphatic rings. The zero-order chi connectivity index (χ0) is 13.7. The van der Waals surface area contributed by atoms with Gasteiger partial charge in [-0.3, -0.25) is 4.79 Å². The number of benzene rings is 1. The quantitative estimate of drug-likeness (QED) is 0.851. The Balaban J connectivity index is 2.46. The number of hydrogen-bond donors (Lipinski definition) is 1. The third kappa shape index (κ3) is 4.41. The molecule has 0 aliphatic heterocycles. The van der Waals surface area contributed by atoms with Gasteiger partial charge in [-0.05, 0) is 37.7 Å². The molecule has 0 heterocycles. The summed E-state index contributed by atoms with van der Waals surface area (Å²) in [6, 6.07) is 3.78. The molecule has 0 bridgehead atoms. The fourth-order valence-corrected chi connectivity index (χ4v) is 1.57. The number of carbonyl (C=O) groups is 1. The van der Waals surface area contributed by atoms with Crippen molar-refractivity contribution in [1.82, 2.24) is 4.90 Å². The van der Waals surface area contributed by atoms with Gasteiger partial charge in [0.15, 0.2) is 11.6 Å². The van der Waals surface area contributed by atoms with E-state index in [1.807, 2.05) is 11.9 Å². The van der Waals surface area contributed by atoms with Gasteiger partial charge in [-0.25, -0.2) is 8.78 Å². The Hall–Kier alpha value is -1.49. The van der Waals surface area contributed by atoms with Crippen LogP contribution in [0.3, 0.4) is 0 Å². The number of rotatable bonds is 6.